The van der Waals surface area contributed by atoms with Crippen LogP contribution in [0.15, 0.2) is 45.3 Å². The second-order valence-corrected chi connectivity index (χ2v) is 5.97. The third-order valence-corrected chi connectivity index (χ3v) is 3.61. The summed E-state index contributed by atoms with van der Waals surface area (Å²) in [5, 5.41) is 2.96. The summed E-state index contributed by atoms with van der Waals surface area (Å²) < 4.78 is 6.35. The third-order valence-electron chi connectivity index (χ3n) is 3.08. The van der Waals surface area contributed by atoms with Crippen molar-refractivity contribution in [3.05, 3.63) is 58.0 Å². The van der Waals surface area contributed by atoms with Gasteiger partial charge in [-0.15, -0.1) is 0 Å². The van der Waals surface area contributed by atoms with Gasteiger partial charge in [0.1, 0.15) is 5.76 Å². The molecule has 0 aliphatic carbocycles. The molecule has 0 saturated heterocycles. The first-order valence-corrected chi connectivity index (χ1v) is 7.09. The average Bonchev–Trinajstić information content (AvgIpc) is 2.87. The van der Waals surface area contributed by atoms with Crippen LogP contribution in [-0.4, -0.2) is 5.91 Å². The second-order valence-electron chi connectivity index (χ2n) is 5.06. The van der Waals surface area contributed by atoms with E-state index in [0.717, 1.165) is 10.0 Å². The van der Waals surface area contributed by atoms with Gasteiger partial charge >= 0.3 is 0 Å². The SMILES string of the molecule is CC(C)(NC(=O)c1ccc(CN)o1)c1ccc(Br)cc1. The Hall–Kier alpha value is -1.59. The Balaban J connectivity index is 2.14. The van der Waals surface area contributed by atoms with Gasteiger partial charge in [0.25, 0.3) is 5.91 Å². The zero-order valence-corrected chi connectivity index (χ0v) is 13.0. The molecule has 0 aliphatic rings. The number of benzene rings is 1. The number of hydrogen-bond donors (Lipinski definition) is 2. The minimum atomic E-state index is -0.493. The molecule has 1 aromatic carbocycles. The maximum atomic E-state index is 12.2. The lowest BCUT2D eigenvalue weighted by Gasteiger charge is -2.26. The van der Waals surface area contributed by atoms with Crippen LogP contribution in [0.2, 0.25) is 0 Å². The molecule has 0 bridgehead atoms. The number of hydrogen-bond acceptors (Lipinski definition) is 3. The van der Waals surface area contributed by atoms with Crippen LogP contribution in [0.4, 0.5) is 0 Å². The number of carbonyl (C=O) groups excluding carboxylic acids is 1. The highest BCUT2D eigenvalue weighted by Gasteiger charge is 2.24. The van der Waals surface area contributed by atoms with Crippen molar-refractivity contribution in [2.75, 3.05) is 0 Å². The minimum absolute atomic E-state index is 0.252. The molecule has 1 heterocycles. The molecule has 1 amide bonds. The van der Waals surface area contributed by atoms with E-state index in [9.17, 15) is 4.79 Å². The van der Waals surface area contributed by atoms with E-state index in [1.165, 1.54) is 0 Å². The van der Waals surface area contributed by atoms with Crippen LogP contribution in [0.3, 0.4) is 0 Å². The molecule has 0 radical (unpaired) electrons. The normalized spacial score (nSPS) is 11.4. The molecule has 0 atom stereocenters. The largest absolute Gasteiger partial charge is 0.455 e. The Bertz CT molecular complexity index is 603. The quantitative estimate of drug-likeness (QED) is 0.900. The van der Waals surface area contributed by atoms with Gasteiger partial charge in [-0.25, -0.2) is 0 Å². The van der Waals surface area contributed by atoms with Gasteiger partial charge in [0.05, 0.1) is 12.1 Å². The van der Waals surface area contributed by atoms with Crippen LogP contribution in [0.5, 0.6) is 0 Å². The Morgan fingerprint density at radius 3 is 2.45 bits per heavy atom. The highest BCUT2D eigenvalue weighted by atomic mass is 79.9. The summed E-state index contributed by atoms with van der Waals surface area (Å²) in [6, 6.07) is 11.2. The summed E-state index contributed by atoms with van der Waals surface area (Å²) in [6.07, 6.45) is 0. The van der Waals surface area contributed by atoms with E-state index in [2.05, 4.69) is 21.2 Å². The Kier molecular flexibility index (Phi) is 4.30. The molecule has 0 saturated carbocycles. The fourth-order valence-electron chi connectivity index (χ4n) is 1.89. The van der Waals surface area contributed by atoms with Gasteiger partial charge in [-0.2, -0.15) is 0 Å². The fraction of sp³-hybridized carbons (Fsp3) is 0.267. The number of halogens is 1. The molecule has 20 heavy (non-hydrogen) atoms. The van der Waals surface area contributed by atoms with Gasteiger partial charge in [0.15, 0.2) is 5.76 Å². The highest BCUT2D eigenvalue weighted by Crippen LogP contribution is 2.23. The molecule has 2 rings (SSSR count). The molecule has 1 aromatic heterocycles. The first kappa shape index (κ1) is 14.8. The smallest absolute Gasteiger partial charge is 0.287 e. The molecule has 106 valence electrons. The van der Waals surface area contributed by atoms with Crippen molar-refractivity contribution in [3.63, 3.8) is 0 Å². The van der Waals surface area contributed by atoms with Crippen LogP contribution < -0.4 is 11.1 Å². The second kappa shape index (κ2) is 5.81. The number of rotatable bonds is 4. The number of carbonyl (C=O) groups is 1. The van der Waals surface area contributed by atoms with Crippen molar-refractivity contribution in [1.82, 2.24) is 5.32 Å². The van der Waals surface area contributed by atoms with Gasteiger partial charge in [0, 0.05) is 4.47 Å². The van der Waals surface area contributed by atoms with Gasteiger partial charge in [-0.3, -0.25) is 4.79 Å². The van der Waals surface area contributed by atoms with Crippen molar-refractivity contribution in [3.8, 4) is 0 Å². The number of amides is 1. The number of nitrogens with two attached hydrogens (primary N) is 1. The first-order valence-electron chi connectivity index (χ1n) is 6.30. The molecule has 2 aromatic rings. The predicted molar refractivity (Wildman–Crippen MR) is 81.2 cm³/mol. The van der Waals surface area contributed by atoms with Crippen LogP contribution in [0.25, 0.3) is 0 Å². The number of furan rings is 1. The maximum absolute atomic E-state index is 12.2. The zero-order valence-electron chi connectivity index (χ0n) is 11.4. The summed E-state index contributed by atoms with van der Waals surface area (Å²) in [5.74, 6) is 0.616. The molecule has 0 unspecified atom stereocenters. The molecule has 0 spiro atoms. The third kappa shape index (κ3) is 3.29. The van der Waals surface area contributed by atoms with Gasteiger partial charge < -0.3 is 15.5 Å². The van der Waals surface area contributed by atoms with E-state index < -0.39 is 5.54 Å². The van der Waals surface area contributed by atoms with Crippen molar-refractivity contribution in [2.24, 2.45) is 5.73 Å². The van der Waals surface area contributed by atoms with E-state index in [4.69, 9.17) is 10.2 Å². The summed E-state index contributed by atoms with van der Waals surface area (Å²) in [6.45, 7) is 4.17. The standard InChI is InChI=1S/C15H17BrN2O2/c1-15(2,10-3-5-11(16)6-4-10)18-14(19)13-8-7-12(9-17)20-13/h3-8H,9,17H2,1-2H3,(H,18,19). The van der Waals surface area contributed by atoms with E-state index in [1.54, 1.807) is 12.1 Å². The average molecular weight is 337 g/mol. The van der Waals surface area contributed by atoms with E-state index in [-0.39, 0.29) is 18.2 Å². The summed E-state index contributed by atoms with van der Waals surface area (Å²) in [7, 11) is 0. The first-order chi connectivity index (χ1) is 9.42. The van der Waals surface area contributed by atoms with E-state index in [0.29, 0.717) is 5.76 Å². The van der Waals surface area contributed by atoms with E-state index >= 15 is 0 Å². The van der Waals surface area contributed by atoms with Gasteiger partial charge in [-0.05, 0) is 43.7 Å². The molecule has 0 aliphatic heterocycles. The summed E-state index contributed by atoms with van der Waals surface area (Å²) in [5.41, 5.74) is 5.99. The van der Waals surface area contributed by atoms with E-state index in [1.807, 2.05) is 38.1 Å². The molecular weight excluding hydrogens is 320 g/mol. The Labute approximate surface area is 126 Å². The fourth-order valence-corrected chi connectivity index (χ4v) is 2.16. The predicted octanol–water partition coefficient (Wildman–Crippen LogP) is 3.17. The molecule has 4 nitrogen and oxygen atoms in total. The molecular formula is C15H17BrN2O2. The lowest BCUT2D eigenvalue weighted by Crippen LogP contribution is -2.40. The van der Waals surface area contributed by atoms with Crippen molar-refractivity contribution in [2.45, 2.75) is 25.9 Å². The summed E-state index contributed by atoms with van der Waals surface area (Å²) in [4.78, 5) is 12.2. The lowest BCUT2D eigenvalue weighted by molar-refractivity contribution is 0.0881. The van der Waals surface area contributed by atoms with Crippen molar-refractivity contribution in [1.29, 1.82) is 0 Å². The molecule has 3 N–H and O–H groups in total. The van der Waals surface area contributed by atoms with Crippen LogP contribution >= 0.6 is 15.9 Å². The topological polar surface area (TPSA) is 68.3 Å². The maximum Gasteiger partial charge on any atom is 0.287 e. The monoisotopic (exact) mass is 336 g/mol. The number of nitrogens with one attached hydrogen (secondary N) is 1. The Morgan fingerprint density at radius 1 is 1.25 bits per heavy atom. The van der Waals surface area contributed by atoms with Crippen molar-refractivity contribution >= 4 is 21.8 Å². The van der Waals surface area contributed by atoms with Crippen LogP contribution in [0.1, 0.15) is 35.7 Å². The minimum Gasteiger partial charge on any atom is -0.455 e. The van der Waals surface area contributed by atoms with Gasteiger partial charge in [-0.1, -0.05) is 28.1 Å². The highest BCUT2D eigenvalue weighted by molar-refractivity contribution is 9.10. The zero-order chi connectivity index (χ0) is 14.8. The van der Waals surface area contributed by atoms with Gasteiger partial charge in [0.2, 0.25) is 0 Å². The molecule has 5 heteroatoms. The lowest BCUT2D eigenvalue weighted by atomic mass is 9.94. The Morgan fingerprint density at radius 2 is 1.90 bits per heavy atom. The summed E-state index contributed by atoms with van der Waals surface area (Å²) >= 11 is 3.40. The van der Waals surface area contributed by atoms with Crippen LogP contribution in [-0.2, 0) is 12.1 Å². The van der Waals surface area contributed by atoms with Crippen molar-refractivity contribution < 1.29 is 9.21 Å². The molecule has 0 fully saturated rings. The van der Waals surface area contributed by atoms with Crippen LogP contribution in [0, 0.1) is 0 Å².